The molecule has 0 aromatic heterocycles. The molecule has 1 rings (SSSR count). The summed E-state index contributed by atoms with van der Waals surface area (Å²) < 4.78 is 0. The first kappa shape index (κ1) is 13.5. The van der Waals surface area contributed by atoms with Gasteiger partial charge in [-0.2, -0.15) is 0 Å². The fraction of sp³-hybridized carbons (Fsp3) is 0.923. The number of carbonyl (C=O) groups is 1. The third-order valence-corrected chi connectivity index (χ3v) is 3.75. The first-order valence-electron chi connectivity index (χ1n) is 6.47. The molecular formula is C13H26N2O. The quantitative estimate of drug-likeness (QED) is 0.769. The van der Waals surface area contributed by atoms with Crippen LogP contribution in [0, 0.1) is 11.3 Å². The number of hydrogen-bond donors (Lipinski definition) is 2. The zero-order chi connectivity index (χ0) is 12.2. The van der Waals surface area contributed by atoms with Crippen molar-refractivity contribution in [3.05, 3.63) is 0 Å². The van der Waals surface area contributed by atoms with Crippen molar-refractivity contribution < 1.29 is 4.79 Å². The molecule has 0 saturated carbocycles. The van der Waals surface area contributed by atoms with Gasteiger partial charge in [0.15, 0.2) is 0 Å². The van der Waals surface area contributed by atoms with E-state index in [4.69, 9.17) is 0 Å². The first-order valence-corrected chi connectivity index (χ1v) is 6.47. The zero-order valence-electron chi connectivity index (χ0n) is 11.1. The highest BCUT2D eigenvalue weighted by Crippen LogP contribution is 2.19. The van der Waals surface area contributed by atoms with Crippen LogP contribution in [0.25, 0.3) is 0 Å². The summed E-state index contributed by atoms with van der Waals surface area (Å²) in [5, 5.41) is 6.38. The maximum absolute atomic E-state index is 12.0. The third kappa shape index (κ3) is 3.78. The Morgan fingerprint density at radius 1 is 1.50 bits per heavy atom. The predicted octanol–water partition coefficient (Wildman–Crippen LogP) is 1.93. The summed E-state index contributed by atoms with van der Waals surface area (Å²) in [6.45, 7) is 10.4. The van der Waals surface area contributed by atoms with Crippen molar-refractivity contribution in [1.82, 2.24) is 10.6 Å². The maximum Gasteiger partial charge on any atom is 0.237 e. The molecule has 2 unspecified atom stereocenters. The Morgan fingerprint density at radius 2 is 2.19 bits per heavy atom. The number of piperidine rings is 1. The lowest BCUT2D eigenvalue weighted by atomic mass is 9.89. The van der Waals surface area contributed by atoms with Crippen LogP contribution in [0.4, 0.5) is 0 Å². The summed E-state index contributed by atoms with van der Waals surface area (Å²) in [6, 6.07) is 0.0152. The van der Waals surface area contributed by atoms with Gasteiger partial charge in [-0.05, 0) is 37.1 Å². The minimum absolute atomic E-state index is 0.0152. The molecular weight excluding hydrogens is 200 g/mol. The van der Waals surface area contributed by atoms with Gasteiger partial charge in [0.1, 0.15) is 0 Å². The molecule has 0 bridgehead atoms. The summed E-state index contributed by atoms with van der Waals surface area (Å²) >= 11 is 0. The molecule has 94 valence electrons. The fourth-order valence-electron chi connectivity index (χ4n) is 1.96. The van der Waals surface area contributed by atoms with Gasteiger partial charge in [0.2, 0.25) is 5.91 Å². The molecule has 0 aromatic carbocycles. The van der Waals surface area contributed by atoms with Gasteiger partial charge >= 0.3 is 0 Å². The van der Waals surface area contributed by atoms with Crippen molar-refractivity contribution in [3.63, 3.8) is 0 Å². The smallest absolute Gasteiger partial charge is 0.237 e. The topological polar surface area (TPSA) is 41.1 Å². The van der Waals surface area contributed by atoms with Gasteiger partial charge in [-0.15, -0.1) is 0 Å². The molecule has 0 aliphatic carbocycles. The lowest BCUT2D eigenvalue weighted by Gasteiger charge is -2.30. The van der Waals surface area contributed by atoms with Crippen LogP contribution in [0.3, 0.4) is 0 Å². The largest absolute Gasteiger partial charge is 0.354 e. The molecule has 1 aliphatic rings. The van der Waals surface area contributed by atoms with E-state index in [2.05, 4.69) is 38.3 Å². The molecule has 16 heavy (non-hydrogen) atoms. The number of rotatable bonds is 4. The van der Waals surface area contributed by atoms with Crippen molar-refractivity contribution in [2.75, 3.05) is 13.1 Å². The Balaban J connectivity index is 2.39. The molecule has 1 heterocycles. The number of carbonyl (C=O) groups excluding carboxylic acids is 1. The molecule has 3 nitrogen and oxygen atoms in total. The highest BCUT2D eigenvalue weighted by Gasteiger charge is 2.28. The summed E-state index contributed by atoms with van der Waals surface area (Å²) in [4.78, 5) is 12.0. The second-order valence-corrected chi connectivity index (χ2v) is 5.79. The van der Waals surface area contributed by atoms with E-state index in [9.17, 15) is 4.79 Å². The van der Waals surface area contributed by atoms with Crippen LogP contribution in [-0.4, -0.2) is 25.0 Å². The van der Waals surface area contributed by atoms with Crippen LogP contribution in [-0.2, 0) is 4.79 Å². The SMILES string of the molecule is CCC(C)(C)CNC(=O)C1NCCCC1C. The van der Waals surface area contributed by atoms with E-state index in [1.165, 1.54) is 6.42 Å². The van der Waals surface area contributed by atoms with Gasteiger partial charge in [-0.3, -0.25) is 4.79 Å². The molecule has 0 spiro atoms. The average Bonchev–Trinajstić information content (AvgIpc) is 2.27. The third-order valence-electron chi connectivity index (χ3n) is 3.75. The van der Waals surface area contributed by atoms with Crippen molar-refractivity contribution in [2.24, 2.45) is 11.3 Å². The van der Waals surface area contributed by atoms with E-state index in [-0.39, 0.29) is 17.4 Å². The monoisotopic (exact) mass is 226 g/mol. The average molecular weight is 226 g/mol. The first-order chi connectivity index (χ1) is 7.46. The Kier molecular flexibility index (Phi) is 4.78. The molecule has 0 aromatic rings. The van der Waals surface area contributed by atoms with Crippen molar-refractivity contribution in [3.8, 4) is 0 Å². The van der Waals surface area contributed by atoms with E-state index >= 15 is 0 Å². The molecule has 3 heteroatoms. The Bertz CT molecular complexity index is 238. The van der Waals surface area contributed by atoms with Crippen molar-refractivity contribution in [1.29, 1.82) is 0 Å². The molecule has 2 N–H and O–H groups in total. The minimum atomic E-state index is 0.0152. The normalized spacial score (nSPS) is 26.5. The van der Waals surface area contributed by atoms with Crippen molar-refractivity contribution in [2.45, 2.75) is 53.0 Å². The number of hydrogen-bond acceptors (Lipinski definition) is 2. The molecule has 2 atom stereocenters. The van der Waals surface area contributed by atoms with Gasteiger partial charge < -0.3 is 10.6 Å². The summed E-state index contributed by atoms with van der Waals surface area (Å²) in [5.41, 5.74) is 0.202. The molecule has 1 aliphatic heterocycles. The van der Waals surface area contributed by atoms with Gasteiger partial charge in [0.05, 0.1) is 6.04 Å². The molecule has 1 fully saturated rings. The van der Waals surface area contributed by atoms with Gasteiger partial charge in [0.25, 0.3) is 0 Å². The lowest BCUT2D eigenvalue weighted by Crippen LogP contribution is -2.52. The van der Waals surface area contributed by atoms with Crippen molar-refractivity contribution >= 4 is 5.91 Å². The van der Waals surface area contributed by atoms with Gasteiger partial charge in [-0.1, -0.05) is 27.7 Å². The second-order valence-electron chi connectivity index (χ2n) is 5.79. The second kappa shape index (κ2) is 5.67. The van der Waals surface area contributed by atoms with Crippen LogP contribution in [0.2, 0.25) is 0 Å². The lowest BCUT2D eigenvalue weighted by molar-refractivity contribution is -0.125. The van der Waals surface area contributed by atoms with E-state index in [0.29, 0.717) is 5.92 Å². The van der Waals surface area contributed by atoms with E-state index in [0.717, 1.165) is 25.9 Å². The number of amides is 1. The van der Waals surface area contributed by atoms with E-state index in [1.807, 2.05) is 0 Å². The number of nitrogens with one attached hydrogen (secondary N) is 2. The summed E-state index contributed by atoms with van der Waals surface area (Å²) in [5.74, 6) is 0.632. The Morgan fingerprint density at radius 3 is 2.75 bits per heavy atom. The summed E-state index contributed by atoms with van der Waals surface area (Å²) in [7, 11) is 0. The van der Waals surface area contributed by atoms with Gasteiger partial charge in [-0.25, -0.2) is 0 Å². The maximum atomic E-state index is 12.0. The predicted molar refractivity (Wildman–Crippen MR) is 67.3 cm³/mol. The van der Waals surface area contributed by atoms with E-state index in [1.54, 1.807) is 0 Å². The van der Waals surface area contributed by atoms with Gasteiger partial charge in [0, 0.05) is 6.54 Å². The Labute approximate surface area is 99.4 Å². The molecule has 0 radical (unpaired) electrons. The van der Waals surface area contributed by atoms with Crippen LogP contribution in [0.5, 0.6) is 0 Å². The molecule has 1 saturated heterocycles. The fourth-order valence-corrected chi connectivity index (χ4v) is 1.96. The highest BCUT2D eigenvalue weighted by atomic mass is 16.2. The summed E-state index contributed by atoms with van der Waals surface area (Å²) in [6.07, 6.45) is 3.43. The standard InChI is InChI=1S/C13H26N2O/c1-5-13(3,4)9-15-12(16)11-10(2)7-6-8-14-11/h10-11,14H,5-9H2,1-4H3,(H,15,16). The Hall–Kier alpha value is -0.570. The highest BCUT2D eigenvalue weighted by molar-refractivity contribution is 5.82. The van der Waals surface area contributed by atoms with Crippen LogP contribution in [0.15, 0.2) is 0 Å². The minimum Gasteiger partial charge on any atom is -0.354 e. The molecule has 1 amide bonds. The zero-order valence-corrected chi connectivity index (χ0v) is 11.1. The van der Waals surface area contributed by atoms with Crippen LogP contribution in [0.1, 0.15) is 47.0 Å². The van der Waals surface area contributed by atoms with Crippen LogP contribution < -0.4 is 10.6 Å². The van der Waals surface area contributed by atoms with E-state index < -0.39 is 0 Å². The van der Waals surface area contributed by atoms with Crippen LogP contribution >= 0.6 is 0 Å².